The van der Waals surface area contributed by atoms with Crippen molar-refractivity contribution in [3.63, 3.8) is 0 Å². The van der Waals surface area contributed by atoms with Gasteiger partial charge >= 0.3 is 33.6 Å². The Kier molecular flexibility index (Phi) is 75.4. The zero-order valence-corrected chi connectivity index (χ0v) is 67.3. The van der Waals surface area contributed by atoms with E-state index < -0.39 is 91.5 Å². The maximum atomic E-state index is 12.9. The fraction of sp³-hybridized carbons (Fsp3) is 0.776. The number of phosphoric ester groups is 2. The van der Waals surface area contributed by atoms with Crippen molar-refractivity contribution in [2.24, 2.45) is 0 Å². The molecule has 5 unspecified atom stereocenters. The van der Waals surface area contributed by atoms with Crippen molar-refractivity contribution < 1.29 is 75.8 Å². The first-order valence-electron chi connectivity index (χ1n) is 41.5. The summed E-state index contributed by atoms with van der Waals surface area (Å²) in [6.45, 7) is 2.66. The van der Waals surface area contributed by atoms with Gasteiger partial charge in [0, 0.05) is 19.3 Å². The molecule has 0 aliphatic carbocycles. The van der Waals surface area contributed by atoms with Crippen LogP contribution in [0.3, 0.4) is 0 Å². The molecule has 0 saturated heterocycles. The van der Waals surface area contributed by atoms with E-state index in [1.54, 1.807) is 0 Å². The fourth-order valence-electron chi connectivity index (χ4n) is 11.4. The van der Waals surface area contributed by atoms with E-state index in [-0.39, 0.29) is 19.3 Å². The lowest BCUT2D eigenvalue weighted by Crippen LogP contribution is -2.30. The van der Waals surface area contributed by atoms with E-state index in [1.165, 1.54) is 186 Å². The fourth-order valence-corrected chi connectivity index (χ4v) is 13.0. The highest BCUT2D eigenvalue weighted by Gasteiger charge is 2.29. The van der Waals surface area contributed by atoms with Gasteiger partial charge in [0.05, 0.1) is 26.4 Å². The lowest BCUT2D eigenvalue weighted by Gasteiger charge is -2.21. The zero-order chi connectivity index (χ0) is 75.2. The van der Waals surface area contributed by atoms with Gasteiger partial charge in [-0.25, -0.2) is 9.13 Å². The molecular formula is C85H152O16P2. The van der Waals surface area contributed by atoms with E-state index >= 15 is 0 Å². The predicted molar refractivity (Wildman–Crippen MR) is 427 cm³/mol. The van der Waals surface area contributed by atoms with E-state index in [9.17, 15) is 43.5 Å². The van der Waals surface area contributed by atoms with Gasteiger partial charge in [-0.2, -0.15) is 0 Å². The number of hydrogen-bond acceptors (Lipinski definition) is 14. The molecule has 0 aliphatic heterocycles. The maximum Gasteiger partial charge on any atom is 0.472 e. The Hall–Kier alpha value is -3.53. The summed E-state index contributed by atoms with van der Waals surface area (Å²) >= 11 is 0. The first-order chi connectivity index (χ1) is 50.2. The molecule has 0 rings (SSSR count). The number of carbonyl (C=O) groups is 3. The van der Waals surface area contributed by atoms with Crippen LogP contribution < -0.4 is 0 Å². The average Bonchev–Trinajstić information content (AvgIpc) is 0.915. The number of ether oxygens (including phenoxy) is 3. The zero-order valence-electron chi connectivity index (χ0n) is 65.5. The molecule has 4 N–H and O–H groups in total. The summed E-state index contributed by atoms with van der Waals surface area (Å²) < 4.78 is 61.2. The second-order valence-electron chi connectivity index (χ2n) is 27.9. The first kappa shape index (κ1) is 99.5. The summed E-state index contributed by atoms with van der Waals surface area (Å²) in [5.41, 5.74) is 0. The minimum Gasteiger partial charge on any atom is -0.463 e. The summed E-state index contributed by atoms with van der Waals surface area (Å²) in [4.78, 5) is 58.6. The molecule has 16 nitrogen and oxygen atoms in total. The highest BCUT2D eigenvalue weighted by Crippen LogP contribution is 2.45. The van der Waals surface area contributed by atoms with Gasteiger partial charge in [-0.1, -0.05) is 336 Å². The second-order valence-corrected chi connectivity index (χ2v) is 30.8. The topological polar surface area (TPSA) is 231 Å². The van der Waals surface area contributed by atoms with Gasteiger partial charge in [-0.15, -0.1) is 0 Å². The van der Waals surface area contributed by atoms with Crippen LogP contribution in [-0.4, -0.2) is 95.9 Å². The van der Waals surface area contributed by atoms with Crippen LogP contribution in [0.15, 0.2) is 97.2 Å². The lowest BCUT2D eigenvalue weighted by molar-refractivity contribution is -0.161. The number of hydrogen-bond donors (Lipinski definition) is 4. The van der Waals surface area contributed by atoms with E-state index in [0.717, 1.165) is 122 Å². The van der Waals surface area contributed by atoms with Crippen molar-refractivity contribution >= 4 is 33.6 Å². The van der Waals surface area contributed by atoms with Crippen LogP contribution in [0, 0.1) is 0 Å². The molecule has 0 saturated carbocycles. The summed E-state index contributed by atoms with van der Waals surface area (Å²) in [5.74, 6) is -1.56. The van der Waals surface area contributed by atoms with E-state index in [0.29, 0.717) is 19.3 Å². The quantitative estimate of drug-likeness (QED) is 0.0146. The van der Waals surface area contributed by atoms with Crippen LogP contribution in [0.4, 0.5) is 0 Å². The molecule has 0 spiro atoms. The summed E-state index contributed by atoms with van der Waals surface area (Å²) in [7, 11) is -9.78. The second kappa shape index (κ2) is 78.1. The van der Waals surface area contributed by atoms with Gasteiger partial charge in [-0.3, -0.25) is 32.5 Å². The Morgan fingerprint density at radius 1 is 0.272 bits per heavy atom. The SMILES string of the molecule is CCCCC/C=C\C/C=C\C/C=C\C/C=C\CCCCCCCCCCCCCCCC(=O)OCC(O)COP(=O)(O)OCC(O)COP(=O)(O)OCC(COC(=O)CCCCCCCCCCCCC/C=C\C/C=C\C/C=C\C/C=C\CCCCC)OC(=O)CCCCCCCCCCCCC. The third-order valence-electron chi connectivity index (χ3n) is 17.8. The van der Waals surface area contributed by atoms with E-state index in [4.69, 9.17) is 32.3 Å². The highest BCUT2D eigenvalue weighted by molar-refractivity contribution is 7.47. The highest BCUT2D eigenvalue weighted by atomic mass is 31.2. The van der Waals surface area contributed by atoms with Gasteiger partial charge in [0.2, 0.25) is 0 Å². The molecule has 5 atom stereocenters. The van der Waals surface area contributed by atoms with Gasteiger partial charge < -0.3 is 34.2 Å². The number of carbonyl (C=O) groups excluding carboxylic acids is 3. The number of aliphatic hydroxyl groups is 2. The Morgan fingerprint density at radius 3 is 0.786 bits per heavy atom. The van der Waals surface area contributed by atoms with Gasteiger partial charge in [0.25, 0.3) is 0 Å². The van der Waals surface area contributed by atoms with Crippen LogP contribution in [0.5, 0.6) is 0 Å². The Labute approximate surface area is 628 Å². The Morgan fingerprint density at radius 2 is 0.485 bits per heavy atom. The molecule has 0 aromatic rings. The molecule has 0 aromatic heterocycles. The molecule has 0 fully saturated rings. The number of rotatable bonds is 79. The Balaban J connectivity index is 4.42. The third kappa shape index (κ3) is 79.3. The number of phosphoric acid groups is 2. The maximum absolute atomic E-state index is 12.9. The van der Waals surface area contributed by atoms with E-state index in [1.807, 2.05) is 0 Å². The normalized spacial score (nSPS) is 14.4. The van der Waals surface area contributed by atoms with Crippen molar-refractivity contribution in [3.8, 4) is 0 Å². The molecule has 0 radical (unpaired) electrons. The smallest absolute Gasteiger partial charge is 0.463 e. The van der Waals surface area contributed by atoms with Gasteiger partial charge in [-0.05, 0) is 109 Å². The number of allylic oxidation sites excluding steroid dienone is 16. The average molecular weight is 1490 g/mol. The Bertz CT molecular complexity index is 2260. The van der Waals surface area contributed by atoms with E-state index in [2.05, 4.69) is 118 Å². The number of esters is 3. The number of unbranched alkanes of at least 4 members (excludes halogenated alkanes) is 40. The standard InChI is InChI=1S/C85H152O16P2/c1-4-7-10-13-16-19-22-24-26-28-30-32-34-36-38-39-41-43-44-46-48-50-52-54-57-59-62-65-68-71-83(88)95-74-80(86)75-97-102(91,92)98-76-81(87)77-99-103(93,94)100-79-82(101-85(90)73-70-67-64-61-56-21-18-15-12-9-6-3)78-96-84(89)72-69-66-63-60-58-55-53-51-49-47-45-42-40-37-35-33-31-29-27-25-23-20-17-14-11-8-5-2/h16-17,19-20,24-27,30-33,36-38,40,80-82,86-87H,4-15,18,21-23,28-29,34-35,39,41-79H2,1-3H3,(H,91,92)(H,93,94)/b19-16-,20-17-,26-24-,27-25-,32-30-,33-31-,38-36-,40-37-. The molecule has 18 heteroatoms. The minimum atomic E-state index is -4.92. The molecule has 103 heavy (non-hydrogen) atoms. The van der Waals surface area contributed by atoms with Gasteiger partial charge in [0.1, 0.15) is 25.4 Å². The molecule has 0 aliphatic rings. The van der Waals surface area contributed by atoms with Crippen LogP contribution in [-0.2, 0) is 55.8 Å². The van der Waals surface area contributed by atoms with Crippen molar-refractivity contribution in [1.29, 1.82) is 0 Å². The monoisotopic (exact) mass is 1490 g/mol. The van der Waals surface area contributed by atoms with Crippen molar-refractivity contribution in [2.75, 3.05) is 39.6 Å². The van der Waals surface area contributed by atoms with Crippen molar-refractivity contribution in [1.82, 2.24) is 0 Å². The first-order valence-corrected chi connectivity index (χ1v) is 44.5. The van der Waals surface area contributed by atoms with Crippen molar-refractivity contribution in [3.05, 3.63) is 97.2 Å². The van der Waals surface area contributed by atoms with Crippen LogP contribution in [0.2, 0.25) is 0 Å². The lowest BCUT2D eigenvalue weighted by atomic mass is 10.0. The van der Waals surface area contributed by atoms with Crippen molar-refractivity contribution in [2.45, 2.75) is 386 Å². The molecule has 0 heterocycles. The summed E-state index contributed by atoms with van der Waals surface area (Å²) in [5, 5.41) is 20.6. The third-order valence-corrected chi connectivity index (χ3v) is 19.7. The van der Waals surface area contributed by atoms with Gasteiger partial charge in [0.15, 0.2) is 6.10 Å². The van der Waals surface area contributed by atoms with Crippen LogP contribution in [0.1, 0.15) is 367 Å². The molecular weight excluding hydrogens is 1340 g/mol. The summed E-state index contributed by atoms with van der Waals surface area (Å²) in [6.07, 6.45) is 90.4. The van der Waals surface area contributed by atoms with Crippen LogP contribution in [0.25, 0.3) is 0 Å². The molecule has 598 valence electrons. The molecule has 0 bridgehead atoms. The summed E-state index contributed by atoms with van der Waals surface area (Å²) in [6, 6.07) is 0. The molecule has 0 amide bonds. The minimum absolute atomic E-state index is 0.107. The predicted octanol–water partition coefficient (Wildman–Crippen LogP) is 24.5. The molecule has 0 aromatic carbocycles. The largest absolute Gasteiger partial charge is 0.472 e. The number of aliphatic hydroxyl groups excluding tert-OH is 2. The van der Waals surface area contributed by atoms with Crippen LogP contribution >= 0.6 is 15.6 Å².